The Morgan fingerprint density at radius 1 is 1.33 bits per heavy atom. The van der Waals surface area contributed by atoms with Crippen LogP contribution >= 0.6 is 11.3 Å². The number of unbranched alkanes of at least 4 members (excludes halogenated alkanes) is 1. The molecule has 0 amide bonds. The topological polar surface area (TPSA) is 21.3 Å². The zero-order chi connectivity index (χ0) is 10.8. The van der Waals surface area contributed by atoms with E-state index in [0.29, 0.717) is 0 Å². The van der Waals surface area contributed by atoms with Crippen molar-refractivity contribution in [1.82, 2.24) is 5.32 Å². The fraction of sp³-hybridized carbons (Fsp3) is 0.667. The van der Waals surface area contributed by atoms with E-state index in [0.717, 1.165) is 32.7 Å². The Morgan fingerprint density at radius 2 is 2.27 bits per heavy atom. The summed E-state index contributed by atoms with van der Waals surface area (Å²) < 4.78 is 5.45. The first kappa shape index (κ1) is 12.7. The van der Waals surface area contributed by atoms with Crippen molar-refractivity contribution in [2.75, 3.05) is 26.3 Å². The summed E-state index contributed by atoms with van der Waals surface area (Å²) in [4.78, 5) is 0. The quantitative estimate of drug-likeness (QED) is 0.655. The van der Waals surface area contributed by atoms with Gasteiger partial charge < -0.3 is 10.1 Å². The molecule has 0 aliphatic rings. The molecule has 0 atom stereocenters. The average Bonchev–Trinajstić information content (AvgIpc) is 2.75. The lowest BCUT2D eigenvalue weighted by molar-refractivity contribution is 0.133. The molecular weight excluding hydrogens is 206 g/mol. The Kier molecular flexibility index (Phi) is 7.52. The number of hydrogen-bond acceptors (Lipinski definition) is 3. The van der Waals surface area contributed by atoms with Crippen LogP contribution in [0.2, 0.25) is 0 Å². The monoisotopic (exact) mass is 227 g/mol. The fourth-order valence-electron chi connectivity index (χ4n) is 1.29. The lowest BCUT2D eigenvalue weighted by Crippen LogP contribution is -2.22. The predicted molar refractivity (Wildman–Crippen MR) is 66.6 cm³/mol. The Labute approximate surface area is 96.7 Å². The molecule has 2 nitrogen and oxygen atoms in total. The number of hydrogen-bond donors (Lipinski definition) is 1. The highest BCUT2D eigenvalue weighted by Crippen LogP contribution is 2.05. The van der Waals surface area contributed by atoms with Gasteiger partial charge in [0.25, 0.3) is 0 Å². The van der Waals surface area contributed by atoms with Crippen LogP contribution in [0.1, 0.15) is 25.3 Å². The van der Waals surface area contributed by atoms with Gasteiger partial charge in [0.1, 0.15) is 0 Å². The smallest absolute Gasteiger partial charge is 0.0590 e. The van der Waals surface area contributed by atoms with Gasteiger partial charge in [0.2, 0.25) is 0 Å². The van der Waals surface area contributed by atoms with Crippen molar-refractivity contribution in [1.29, 1.82) is 0 Å². The highest BCUT2D eigenvalue weighted by molar-refractivity contribution is 7.07. The van der Waals surface area contributed by atoms with Crippen LogP contribution in [0.5, 0.6) is 0 Å². The second-order valence-electron chi connectivity index (χ2n) is 3.60. The standard InChI is InChI=1S/C12H21NOS/c1-2-3-8-14-9-7-13-6-4-12-5-10-15-11-12/h5,10-11,13H,2-4,6-9H2,1H3. The third kappa shape index (κ3) is 6.66. The molecule has 0 aliphatic carbocycles. The molecule has 1 heterocycles. The van der Waals surface area contributed by atoms with E-state index in [-0.39, 0.29) is 0 Å². The maximum Gasteiger partial charge on any atom is 0.0590 e. The summed E-state index contributed by atoms with van der Waals surface area (Å²) in [7, 11) is 0. The molecule has 86 valence electrons. The lowest BCUT2D eigenvalue weighted by atomic mass is 10.2. The first-order chi connectivity index (χ1) is 7.43. The zero-order valence-corrected chi connectivity index (χ0v) is 10.3. The first-order valence-electron chi connectivity index (χ1n) is 5.73. The molecule has 0 bridgehead atoms. The number of thiophene rings is 1. The predicted octanol–water partition coefficient (Wildman–Crippen LogP) is 2.70. The van der Waals surface area contributed by atoms with E-state index < -0.39 is 0 Å². The molecule has 0 aliphatic heterocycles. The molecule has 1 rings (SSSR count). The van der Waals surface area contributed by atoms with Crippen LogP contribution in [0.4, 0.5) is 0 Å². The molecule has 3 heteroatoms. The van der Waals surface area contributed by atoms with Crippen LogP contribution in [0.25, 0.3) is 0 Å². The molecule has 0 saturated carbocycles. The maximum absolute atomic E-state index is 5.45. The van der Waals surface area contributed by atoms with Crippen LogP contribution < -0.4 is 5.32 Å². The number of ether oxygens (including phenoxy) is 1. The third-order valence-electron chi connectivity index (χ3n) is 2.24. The SMILES string of the molecule is CCCCOCCNCCc1ccsc1. The van der Waals surface area contributed by atoms with Crippen LogP contribution in [0, 0.1) is 0 Å². The molecule has 0 aromatic carbocycles. The van der Waals surface area contributed by atoms with Crippen LogP contribution in [0.15, 0.2) is 16.8 Å². The van der Waals surface area contributed by atoms with Crippen molar-refractivity contribution in [2.24, 2.45) is 0 Å². The van der Waals surface area contributed by atoms with Crippen molar-refractivity contribution in [3.05, 3.63) is 22.4 Å². The van der Waals surface area contributed by atoms with Gasteiger partial charge in [0, 0.05) is 13.2 Å². The van der Waals surface area contributed by atoms with Gasteiger partial charge in [-0.3, -0.25) is 0 Å². The van der Waals surface area contributed by atoms with Gasteiger partial charge in [-0.2, -0.15) is 11.3 Å². The fourth-order valence-corrected chi connectivity index (χ4v) is 1.99. The minimum absolute atomic E-state index is 0.837. The summed E-state index contributed by atoms with van der Waals surface area (Å²) in [6, 6.07) is 2.18. The van der Waals surface area contributed by atoms with Crippen LogP contribution in [-0.4, -0.2) is 26.3 Å². The van der Waals surface area contributed by atoms with Crippen LogP contribution in [-0.2, 0) is 11.2 Å². The van der Waals surface area contributed by atoms with E-state index in [4.69, 9.17) is 4.74 Å². The Morgan fingerprint density at radius 3 is 3.00 bits per heavy atom. The molecule has 0 unspecified atom stereocenters. The normalized spacial score (nSPS) is 10.7. The summed E-state index contributed by atoms with van der Waals surface area (Å²) >= 11 is 1.76. The summed E-state index contributed by atoms with van der Waals surface area (Å²) in [5.74, 6) is 0. The summed E-state index contributed by atoms with van der Waals surface area (Å²) in [6.45, 7) is 5.94. The lowest BCUT2D eigenvalue weighted by Gasteiger charge is -2.04. The van der Waals surface area contributed by atoms with E-state index in [1.807, 2.05) is 0 Å². The second-order valence-corrected chi connectivity index (χ2v) is 4.38. The first-order valence-corrected chi connectivity index (χ1v) is 6.67. The molecule has 0 spiro atoms. The molecule has 1 aromatic heterocycles. The molecular formula is C12H21NOS. The van der Waals surface area contributed by atoms with Gasteiger partial charge >= 0.3 is 0 Å². The van der Waals surface area contributed by atoms with Gasteiger partial charge in [-0.15, -0.1) is 0 Å². The zero-order valence-electron chi connectivity index (χ0n) is 9.50. The largest absolute Gasteiger partial charge is 0.380 e. The van der Waals surface area contributed by atoms with Gasteiger partial charge in [-0.1, -0.05) is 13.3 Å². The Hall–Kier alpha value is -0.380. The highest BCUT2D eigenvalue weighted by atomic mass is 32.1. The second kappa shape index (κ2) is 8.89. The van der Waals surface area contributed by atoms with Crippen molar-refractivity contribution < 1.29 is 4.74 Å². The molecule has 1 aromatic rings. The van der Waals surface area contributed by atoms with Crippen molar-refractivity contribution in [3.63, 3.8) is 0 Å². The van der Waals surface area contributed by atoms with Crippen molar-refractivity contribution >= 4 is 11.3 Å². The minimum Gasteiger partial charge on any atom is -0.380 e. The summed E-state index contributed by atoms with van der Waals surface area (Å²) in [6.07, 6.45) is 3.51. The van der Waals surface area contributed by atoms with E-state index >= 15 is 0 Å². The summed E-state index contributed by atoms with van der Waals surface area (Å²) in [5.41, 5.74) is 1.43. The van der Waals surface area contributed by atoms with Gasteiger partial charge in [-0.05, 0) is 41.8 Å². The summed E-state index contributed by atoms with van der Waals surface area (Å²) in [5, 5.41) is 7.72. The van der Waals surface area contributed by atoms with E-state index in [1.54, 1.807) is 11.3 Å². The van der Waals surface area contributed by atoms with Gasteiger partial charge in [-0.25, -0.2) is 0 Å². The number of nitrogens with one attached hydrogen (secondary N) is 1. The third-order valence-corrected chi connectivity index (χ3v) is 2.97. The highest BCUT2D eigenvalue weighted by Gasteiger charge is 1.92. The molecule has 1 N–H and O–H groups in total. The maximum atomic E-state index is 5.45. The van der Waals surface area contributed by atoms with E-state index in [9.17, 15) is 0 Å². The van der Waals surface area contributed by atoms with Gasteiger partial charge in [0.05, 0.1) is 6.61 Å². The van der Waals surface area contributed by atoms with Gasteiger partial charge in [0.15, 0.2) is 0 Å². The average molecular weight is 227 g/mol. The molecule has 0 fully saturated rings. The van der Waals surface area contributed by atoms with E-state index in [2.05, 4.69) is 29.1 Å². The van der Waals surface area contributed by atoms with Crippen molar-refractivity contribution in [3.8, 4) is 0 Å². The molecule has 0 radical (unpaired) electrons. The van der Waals surface area contributed by atoms with Crippen LogP contribution in [0.3, 0.4) is 0 Å². The van der Waals surface area contributed by atoms with Crippen molar-refractivity contribution in [2.45, 2.75) is 26.2 Å². The minimum atomic E-state index is 0.837. The molecule has 15 heavy (non-hydrogen) atoms. The Balaban J connectivity index is 1.81. The Bertz CT molecular complexity index is 224. The molecule has 0 saturated heterocycles. The number of rotatable bonds is 9. The van der Waals surface area contributed by atoms with E-state index in [1.165, 1.54) is 18.4 Å².